The summed E-state index contributed by atoms with van der Waals surface area (Å²) in [6.07, 6.45) is 0. The number of amidine groups is 1. The van der Waals surface area contributed by atoms with E-state index in [1.807, 2.05) is 93.4 Å². The molecule has 0 unspecified atom stereocenters. The van der Waals surface area contributed by atoms with Crippen LogP contribution in [-0.4, -0.2) is 89.8 Å². The number of piperazine rings is 1. The summed E-state index contributed by atoms with van der Waals surface area (Å²) < 4.78 is 6.25. The van der Waals surface area contributed by atoms with Gasteiger partial charge in [0.1, 0.15) is 17.6 Å². The number of carbonyl (C=O) groups is 2. The van der Waals surface area contributed by atoms with Crippen molar-refractivity contribution in [3.63, 3.8) is 0 Å². The zero-order valence-electron chi connectivity index (χ0n) is 29.8. The molecule has 2 atom stereocenters. The summed E-state index contributed by atoms with van der Waals surface area (Å²) in [4.78, 5) is 40.6. The number of likely N-dealkylation sites (N-methyl/N-ethyl adjacent to an activating group) is 1. The summed E-state index contributed by atoms with van der Waals surface area (Å²) in [7, 11) is 1.83. The second-order valence-corrected chi connectivity index (χ2v) is 15.3. The van der Waals surface area contributed by atoms with E-state index in [4.69, 9.17) is 44.5 Å². The van der Waals surface area contributed by atoms with Crippen molar-refractivity contribution in [2.24, 2.45) is 4.99 Å². The van der Waals surface area contributed by atoms with Crippen LogP contribution in [0.4, 0.5) is 4.79 Å². The number of rotatable bonds is 8. The minimum Gasteiger partial charge on any atom is -0.493 e. The van der Waals surface area contributed by atoms with E-state index in [2.05, 4.69) is 25.7 Å². The van der Waals surface area contributed by atoms with Gasteiger partial charge in [-0.05, 0) is 79.3 Å². The molecule has 2 heterocycles. The van der Waals surface area contributed by atoms with Gasteiger partial charge in [0.15, 0.2) is 0 Å². The second kappa shape index (κ2) is 16.6. The number of amides is 3. The second-order valence-electron chi connectivity index (χ2n) is 14.0. The number of aliphatic imine (C=N–C) groups is 1. The van der Waals surface area contributed by atoms with Crippen molar-refractivity contribution in [2.45, 2.75) is 65.1 Å². The van der Waals surface area contributed by atoms with Crippen LogP contribution in [0.3, 0.4) is 0 Å². The third-order valence-electron chi connectivity index (χ3n) is 9.28. The fraction of sp³-hybridized carbons (Fsp3) is 0.447. The largest absolute Gasteiger partial charge is 0.493 e. The van der Waals surface area contributed by atoms with Gasteiger partial charge in [0.25, 0.3) is 0 Å². The van der Waals surface area contributed by atoms with Gasteiger partial charge in [-0.1, -0.05) is 79.8 Å². The Hall–Kier alpha value is -3.01. The van der Waals surface area contributed by atoms with E-state index in [-0.39, 0.29) is 35.8 Å². The molecule has 3 aromatic carbocycles. The standard InChI is InChI=1S/C38H46Cl3N5O3.ClH/c1-8-49-32-22-30(38(4,5)6)31(41)21-29(32)36-42-34(25-9-13-27(39)14-10-25)35(26-11-15-28(40)16-12-26)46(36)37(48)45-19-17-44(18-20-45)23-33(47)43(7)24(2)3;/h9-16,21-22,24,34-35H,8,17-20,23H2,1-7H3;1H/t34-,35+;/m0./s1. The Morgan fingerprint density at radius 2 is 1.48 bits per heavy atom. The highest BCUT2D eigenvalue weighted by molar-refractivity contribution is 6.32. The van der Waals surface area contributed by atoms with Crippen molar-refractivity contribution in [3.05, 3.63) is 98.0 Å². The number of urea groups is 1. The zero-order chi connectivity index (χ0) is 35.6. The molecule has 50 heavy (non-hydrogen) atoms. The molecule has 3 amide bonds. The van der Waals surface area contributed by atoms with E-state index < -0.39 is 12.1 Å². The van der Waals surface area contributed by atoms with Crippen LogP contribution in [-0.2, 0) is 10.2 Å². The van der Waals surface area contributed by atoms with Gasteiger partial charge < -0.3 is 14.5 Å². The molecular weight excluding hydrogens is 716 g/mol. The van der Waals surface area contributed by atoms with Crippen LogP contribution in [0.15, 0.2) is 65.7 Å². The van der Waals surface area contributed by atoms with E-state index in [0.29, 0.717) is 71.5 Å². The topological polar surface area (TPSA) is 68.7 Å². The highest BCUT2D eigenvalue weighted by Gasteiger charge is 2.45. The van der Waals surface area contributed by atoms with Crippen molar-refractivity contribution in [1.29, 1.82) is 0 Å². The minimum absolute atomic E-state index is 0. The molecule has 0 spiro atoms. The molecule has 5 rings (SSSR count). The molecule has 0 saturated carbocycles. The first kappa shape index (κ1) is 39.8. The fourth-order valence-corrected chi connectivity index (χ4v) is 6.97. The van der Waals surface area contributed by atoms with Crippen LogP contribution < -0.4 is 4.74 Å². The predicted octanol–water partition coefficient (Wildman–Crippen LogP) is 8.91. The summed E-state index contributed by atoms with van der Waals surface area (Å²) in [6, 6.07) is 18.0. The number of nitrogens with zero attached hydrogens (tertiary/aromatic N) is 5. The normalized spacial score (nSPS) is 18.2. The Kier molecular flexibility index (Phi) is 13.2. The maximum absolute atomic E-state index is 14.9. The molecule has 3 aromatic rings. The van der Waals surface area contributed by atoms with E-state index in [0.717, 1.165) is 16.7 Å². The predicted molar refractivity (Wildman–Crippen MR) is 207 cm³/mol. The molecule has 1 fully saturated rings. The van der Waals surface area contributed by atoms with E-state index >= 15 is 0 Å². The smallest absolute Gasteiger partial charge is 0.326 e. The molecule has 0 N–H and O–H groups in total. The van der Waals surface area contributed by atoms with Crippen molar-refractivity contribution in [1.82, 2.24) is 19.6 Å². The van der Waals surface area contributed by atoms with Gasteiger partial charge in [0, 0.05) is 54.3 Å². The van der Waals surface area contributed by atoms with Gasteiger partial charge in [-0.25, -0.2) is 4.79 Å². The molecule has 2 aliphatic heterocycles. The average molecular weight is 764 g/mol. The van der Waals surface area contributed by atoms with Gasteiger partial charge >= 0.3 is 6.03 Å². The first-order chi connectivity index (χ1) is 23.2. The monoisotopic (exact) mass is 761 g/mol. The van der Waals surface area contributed by atoms with Gasteiger partial charge in [0.05, 0.1) is 24.8 Å². The lowest BCUT2D eigenvalue weighted by Gasteiger charge is -2.39. The molecule has 270 valence electrons. The fourth-order valence-electron chi connectivity index (χ4n) is 6.27. The molecule has 0 aromatic heterocycles. The first-order valence-corrected chi connectivity index (χ1v) is 17.9. The van der Waals surface area contributed by atoms with Gasteiger partial charge in [-0.2, -0.15) is 0 Å². The molecule has 0 radical (unpaired) electrons. The van der Waals surface area contributed by atoms with Crippen LogP contribution in [0.2, 0.25) is 15.1 Å². The third kappa shape index (κ3) is 8.71. The zero-order valence-corrected chi connectivity index (χ0v) is 32.8. The highest BCUT2D eigenvalue weighted by atomic mass is 35.5. The molecule has 2 aliphatic rings. The van der Waals surface area contributed by atoms with Crippen molar-refractivity contribution in [2.75, 3.05) is 46.4 Å². The Balaban J connectivity index is 0.00000562. The third-order valence-corrected chi connectivity index (χ3v) is 10.1. The van der Waals surface area contributed by atoms with E-state index in [1.165, 1.54) is 0 Å². The Morgan fingerprint density at radius 3 is 2.00 bits per heavy atom. The maximum atomic E-state index is 14.9. The number of hydrogen-bond acceptors (Lipinski definition) is 5. The first-order valence-electron chi connectivity index (χ1n) is 16.8. The van der Waals surface area contributed by atoms with E-state index in [1.54, 1.807) is 9.80 Å². The SMILES string of the molecule is CCOc1cc(C(C)(C)C)c(Cl)cc1C1=N[C@@H](c2ccc(Cl)cc2)[C@@H](c2ccc(Cl)cc2)N1C(=O)N1CCN(CC(=O)N(C)C(C)C)CC1.Cl. The Labute approximate surface area is 317 Å². The number of halogens is 4. The number of benzene rings is 3. The van der Waals surface area contributed by atoms with Crippen LogP contribution in [0.1, 0.15) is 75.9 Å². The number of hydrogen-bond donors (Lipinski definition) is 0. The lowest BCUT2D eigenvalue weighted by Crippen LogP contribution is -2.55. The van der Waals surface area contributed by atoms with Crippen molar-refractivity contribution >= 4 is 65.0 Å². The average Bonchev–Trinajstić information content (AvgIpc) is 3.45. The van der Waals surface area contributed by atoms with Gasteiger partial charge in [0.2, 0.25) is 5.91 Å². The number of carbonyl (C=O) groups excluding carboxylic acids is 2. The molecule has 1 saturated heterocycles. The highest BCUT2D eigenvalue weighted by Crippen LogP contribution is 2.46. The van der Waals surface area contributed by atoms with Crippen LogP contribution in [0.25, 0.3) is 0 Å². The van der Waals surface area contributed by atoms with E-state index in [9.17, 15) is 9.59 Å². The van der Waals surface area contributed by atoms with Crippen LogP contribution >= 0.6 is 47.2 Å². The minimum atomic E-state index is -0.504. The molecule has 0 bridgehead atoms. The Bertz CT molecular complexity index is 1680. The van der Waals surface area contributed by atoms with Crippen molar-refractivity contribution < 1.29 is 14.3 Å². The lowest BCUT2D eigenvalue weighted by molar-refractivity contribution is -0.132. The number of ether oxygens (including phenoxy) is 1. The summed E-state index contributed by atoms with van der Waals surface area (Å²) in [5.41, 5.74) is 3.13. The molecule has 8 nitrogen and oxygen atoms in total. The molecule has 12 heteroatoms. The molecular formula is C38H47Cl4N5O3. The summed E-state index contributed by atoms with van der Waals surface area (Å²) >= 11 is 19.7. The van der Waals surface area contributed by atoms with Crippen LogP contribution in [0, 0.1) is 0 Å². The lowest BCUT2D eigenvalue weighted by atomic mass is 9.86. The maximum Gasteiger partial charge on any atom is 0.326 e. The summed E-state index contributed by atoms with van der Waals surface area (Å²) in [6.45, 7) is 15.1. The van der Waals surface area contributed by atoms with Crippen LogP contribution in [0.5, 0.6) is 5.75 Å². The van der Waals surface area contributed by atoms with Gasteiger partial charge in [-0.3, -0.25) is 19.6 Å². The molecule has 0 aliphatic carbocycles. The van der Waals surface area contributed by atoms with Crippen molar-refractivity contribution in [3.8, 4) is 5.75 Å². The quantitative estimate of drug-likeness (QED) is 0.230. The Morgan fingerprint density at radius 1 is 0.920 bits per heavy atom. The summed E-state index contributed by atoms with van der Waals surface area (Å²) in [5.74, 6) is 1.15. The van der Waals surface area contributed by atoms with Gasteiger partial charge in [-0.15, -0.1) is 12.4 Å². The summed E-state index contributed by atoms with van der Waals surface area (Å²) in [5, 5.41) is 1.78.